The van der Waals surface area contributed by atoms with E-state index < -0.39 is 5.60 Å². The van der Waals surface area contributed by atoms with Crippen molar-refractivity contribution in [2.24, 2.45) is 0 Å². The van der Waals surface area contributed by atoms with Crippen LogP contribution in [-0.2, 0) is 5.60 Å². The second-order valence-electron chi connectivity index (χ2n) is 9.59. The third-order valence-electron chi connectivity index (χ3n) is 7.49. The van der Waals surface area contributed by atoms with Crippen molar-refractivity contribution >= 4 is 11.6 Å². The van der Waals surface area contributed by atoms with Crippen LogP contribution in [0.25, 0.3) is 11.1 Å². The average Bonchev–Trinajstić information content (AvgIpc) is 3.36. The largest absolute Gasteiger partial charge is 0.842 e. The Morgan fingerprint density at radius 1 is 0.939 bits per heavy atom. The fourth-order valence-corrected chi connectivity index (χ4v) is 6.22. The Morgan fingerprint density at radius 2 is 1.58 bits per heavy atom. The summed E-state index contributed by atoms with van der Waals surface area (Å²) in [5.41, 5.74) is 3.81. The first-order valence-corrected chi connectivity index (χ1v) is 12.4. The highest BCUT2D eigenvalue weighted by molar-refractivity contribution is 6.31. The monoisotopic (exact) mass is 455 g/mol. The van der Waals surface area contributed by atoms with Crippen LogP contribution in [0.15, 0.2) is 72.8 Å². The second-order valence-corrected chi connectivity index (χ2v) is 9.99. The van der Waals surface area contributed by atoms with E-state index in [1.807, 2.05) is 48.5 Å². The molecule has 1 fully saturated rings. The van der Waals surface area contributed by atoms with Crippen LogP contribution in [0.1, 0.15) is 48.8 Å². The summed E-state index contributed by atoms with van der Waals surface area (Å²) in [7, 11) is 0. The smallest absolute Gasteiger partial charge is 0.140 e. The van der Waals surface area contributed by atoms with E-state index in [1.165, 1.54) is 5.56 Å². The van der Waals surface area contributed by atoms with Gasteiger partial charge in [-0.3, -0.25) is 0 Å². The van der Waals surface area contributed by atoms with Gasteiger partial charge in [0.05, 0.1) is 19.6 Å². The van der Waals surface area contributed by atoms with Crippen LogP contribution in [-0.4, -0.2) is 30.7 Å². The molecule has 0 bridgehead atoms. The van der Waals surface area contributed by atoms with Crippen LogP contribution in [0.3, 0.4) is 0 Å². The summed E-state index contributed by atoms with van der Waals surface area (Å²) in [6.45, 7) is 6.35. The predicted molar refractivity (Wildman–Crippen MR) is 134 cm³/mol. The van der Waals surface area contributed by atoms with Crippen LogP contribution >= 0.6 is 11.6 Å². The van der Waals surface area contributed by atoms with Gasteiger partial charge >= 0.3 is 0 Å². The summed E-state index contributed by atoms with van der Waals surface area (Å²) in [6.07, 6.45) is 2.57. The van der Waals surface area contributed by atoms with Crippen molar-refractivity contribution in [1.29, 1.82) is 0 Å². The van der Waals surface area contributed by atoms with Crippen molar-refractivity contribution in [3.05, 3.63) is 94.5 Å². The summed E-state index contributed by atoms with van der Waals surface area (Å²) in [5, 5.41) is 15.0. The first-order chi connectivity index (χ1) is 16.1. The number of quaternary nitrogens is 1. The zero-order valence-corrected chi connectivity index (χ0v) is 19.9. The Morgan fingerprint density at radius 3 is 2.24 bits per heavy atom. The van der Waals surface area contributed by atoms with Gasteiger partial charge in [-0.1, -0.05) is 91.2 Å². The van der Waals surface area contributed by atoms with Crippen LogP contribution in [0.4, 0.5) is 0 Å². The maximum Gasteiger partial charge on any atom is 0.140 e. The van der Waals surface area contributed by atoms with Crippen molar-refractivity contribution in [3.63, 3.8) is 0 Å². The summed E-state index contributed by atoms with van der Waals surface area (Å²) < 4.78 is 0.998. The van der Waals surface area contributed by atoms with E-state index in [2.05, 4.69) is 43.0 Å². The Balaban J connectivity index is 1.35. The molecule has 5 rings (SSSR count). The highest BCUT2D eigenvalue weighted by atomic mass is 35.5. The standard InChI is InChI=1S/C30H30ClNO/c1-2-19-32(21-17-23(22-32)24-11-5-8-16-29(24)31)20-10-9-18-30(33)27-14-6-3-12-25(27)26-13-4-7-15-28(26)30/h3-8,11-16,23H,2,17-22H2,1H3. The fraction of sp³-hybridized carbons (Fsp3) is 0.333. The van der Waals surface area contributed by atoms with E-state index in [9.17, 15) is 5.11 Å². The third-order valence-corrected chi connectivity index (χ3v) is 7.84. The fourth-order valence-electron chi connectivity index (χ4n) is 5.93. The van der Waals surface area contributed by atoms with Gasteiger partial charge in [0.15, 0.2) is 0 Å². The summed E-state index contributed by atoms with van der Waals surface area (Å²) >= 11 is 6.50. The van der Waals surface area contributed by atoms with Crippen LogP contribution in [0.5, 0.6) is 0 Å². The average molecular weight is 456 g/mol. The molecule has 2 unspecified atom stereocenters. The maximum atomic E-state index is 14.1. The highest BCUT2D eigenvalue weighted by Crippen LogP contribution is 2.47. The molecule has 2 nitrogen and oxygen atoms in total. The molecule has 3 aromatic carbocycles. The number of hydrogen-bond donors (Lipinski definition) is 0. The minimum Gasteiger partial charge on any atom is -0.842 e. The zero-order chi connectivity index (χ0) is 22.9. The van der Waals surface area contributed by atoms with Gasteiger partial charge in [0.25, 0.3) is 0 Å². The minimum absolute atomic E-state index is 0.307. The molecule has 1 aliphatic heterocycles. The molecular weight excluding hydrogens is 426 g/mol. The van der Waals surface area contributed by atoms with E-state index in [0.29, 0.717) is 12.3 Å². The van der Waals surface area contributed by atoms with Gasteiger partial charge in [0.2, 0.25) is 0 Å². The maximum absolute atomic E-state index is 14.1. The molecule has 3 heteroatoms. The molecule has 0 amide bonds. The van der Waals surface area contributed by atoms with E-state index in [0.717, 1.165) is 70.8 Å². The van der Waals surface area contributed by atoms with Gasteiger partial charge in [0.1, 0.15) is 6.54 Å². The molecule has 0 saturated carbocycles. The lowest BCUT2D eigenvalue weighted by Crippen LogP contribution is -2.46. The van der Waals surface area contributed by atoms with Gasteiger partial charge in [-0.15, -0.1) is 0 Å². The molecule has 2 aliphatic rings. The van der Waals surface area contributed by atoms with Gasteiger partial charge in [-0.25, -0.2) is 0 Å². The van der Waals surface area contributed by atoms with Crippen molar-refractivity contribution in [3.8, 4) is 23.0 Å². The SMILES string of the molecule is CCC[N+]1(CC#CCC2([O-])c3ccccc3-c3ccccc32)CCC(c2ccccc2Cl)C1. The first kappa shape index (κ1) is 22.2. The van der Waals surface area contributed by atoms with E-state index in [4.69, 9.17) is 11.6 Å². The van der Waals surface area contributed by atoms with E-state index >= 15 is 0 Å². The van der Waals surface area contributed by atoms with Gasteiger partial charge in [-0.2, -0.15) is 0 Å². The summed E-state index contributed by atoms with van der Waals surface area (Å²) in [4.78, 5) is 0. The van der Waals surface area contributed by atoms with Gasteiger partial charge in [0, 0.05) is 23.8 Å². The van der Waals surface area contributed by atoms with Crippen molar-refractivity contribution in [2.45, 2.75) is 37.7 Å². The quantitative estimate of drug-likeness (QED) is 0.355. The molecule has 1 heterocycles. The Hall–Kier alpha value is -2.57. The molecule has 0 radical (unpaired) electrons. The lowest BCUT2D eigenvalue weighted by molar-refractivity contribution is -0.910. The number of fused-ring (bicyclic) bond motifs is 3. The molecule has 33 heavy (non-hydrogen) atoms. The van der Waals surface area contributed by atoms with Crippen LogP contribution < -0.4 is 5.11 Å². The van der Waals surface area contributed by atoms with Crippen molar-refractivity contribution in [1.82, 2.24) is 0 Å². The van der Waals surface area contributed by atoms with Gasteiger partial charge in [-0.05, 0) is 51.8 Å². The summed E-state index contributed by atoms with van der Waals surface area (Å²) in [6, 6.07) is 24.3. The first-order valence-electron chi connectivity index (χ1n) is 12.0. The lowest BCUT2D eigenvalue weighted by Gasteiger charge is -2.37. The van der Waals surface area contributed by atoms with Crippen molar-refractivity contribution < 1.29 is 9.59 Å². The summed E-state index contributed by atoms with van der Waals surface area (Å²) in [5.74, 6) is 7.24. The Bertz CT molecular complexity index is 1180. The third kappa shape index (κ3) is 4.00. The predicted octanol–water partition coefficient (Wildman–Crippen LogP) is 5.73. The molecule has 0 spiro atoms. The molecule has 2 atom stereocenters. The molecular formula is C30H30ClNO. The number of rotatable bonds is 5. The normalized spacial score (nSPS) is 22.3. The molecule has 168 valence electrons. The van der Waals surface area contributed by atoms with E-state index in [1.54, 1.807) is 0 Å². The molecule has 3 aromatic rings. The minimum atomic E-state index is -1.29. The lowest BCUT2D eigenvalue weighted by atomic mass is 9.88. The number of nitrogens with zero attached hydrogens (tertiary/aromatic N) is 1. The van der Waals surface area contributed by atoms with Crippen LogP contribution in [0, 0.1) is 11.8 Å². The van der Waals surface area contributed by atoms with Crippen LogP contribution in [0.2, 0.25) is 5.02 Å². The zero-order valence-electron chi connectivity index (χ0n) is 19.2. The van der Waals surface area contributed by atoms with E-state index in [-0.39, 0.29) is 0 Å². The highest BCUT2D eigenvalue weighted by Gasteiger charge is 2.38. The topological polar surface area (TPSA) is 23.1 Å². The Kier molecular flexibility index (Phi) is 6.06. The Labute approximate surface area is 202 Å². The molecule has 0 aromatic heterocycles. The molecule has 1 saturated heterocycles. The van der Waals surface area contributed by atoms with Gasteiger partial charge < -0.3 is 9.59 Å². The number of benzene rings is 3. The van der Waals surface area contributed by atoms with Crippen molar-refractivity contribution in [2.75, 3.05) is 26.2 Å². The molecule has 1 aliphatic carbocycles. The molecule has 0 N–H and O–H groups in total. The number of hydrogen-bond acceptors (Lipinski definition) is 1. The number of halogens is 1. The second kappa shape index (κ2) is 8.99. The number of likely N-dealkylation sites (tertiary alicyclic amines) is 1.